The Bertz CT molecular complexity index is 277. The molecule has 0 radical (unpaired) electrons. The molecule has 0 atom stereocenters. The van der Waals surface area contributed by atoms with Crippen molar-refractivity contribution in [1.29, 1.82) is 0 Å². The van der Waals surface area contributed by atoms with Crippen LogP contribution in [0.25, 0.3) is 0 Å². The van der Waals surface area contributed by atoms with Gasteiger partial charge in [0.05, 0.1) is 19.1 Å². The van der Waals surface area contributed by atoms with E-state index in [-0.39, 0.29) is 11.4 Å². The van der Waals surface area contributed by atoms with Crippen LogP contribution in [-0.2, 0) is 12.4 Å². The molecular formula is C12H22O2S2. The molecule has 1 aromatic heterocycles. The summed E-state index contributed by atoms with van der Waals surface area (Å²) >= 11 is 0. The molecule has 0 aromatic carbocycles. The van der Waals surface area contributed by atoms with E-state index in [0.717, 1.165) is 16.9 Å². The fraction of sp³-hybridized carbons (Fsp3) is 0.667. The maximum Gasteiger partial charge on any atom is 0.0960 e. The molecule has 0 aliphatic heterocycles. The zero-order valence-electron chi connectivity index (χ0n) is 10.7. The Labute approximate surface area is 107 Å². The molecule has 1 heterocycles. The first-order chi connectivity index (χ1) is 7.53. The summed E-state index contributed by atoms with van der Waals surface area (Å²) in [6, 6.07) is 0. The highest BCUT2D eigenvalue weighted by molar-refractivity contribution is 8.76. The SMILES string of the molecule is CC.CC(C)(C)SSCc1cocc1CO. The van der Waals surface area contributed by atoms with Gasteiger partial charge in [0.15, 0.2) is 0 Å². The van der Waals surface area contributed by atoms with Crippen LogP contribution in [0.5, 0.6) is 0 Å². The summed E-state index contributed by atoms with van der Waals surface area (Å²) in [4.78, 5) is 0. The predicted molar refractivity (Wildman–Crippen MR) is 74.6 cm³/mol. The molecule has 16 heavy (non-hydrogen) atoms. The minimum atomic E-state index is 0.0621. The molecule has 0 aliphatic carbocycles. The van der Waals surface area contributed by atoms with Crippen molar-refractivity contribution >= 4 is 21.6 Å². The van der Waals surface area contributed by atoms with Gasteiger partial charge in [-0.1, -0.05) is 56.2 Å². The van der Waals surface area contributed by atoms with Crippen LogP contribution >= 0.6 is 21.6 Å². The van der Waals surface area contributed by atoms with Gasteiger partial charge >= 0.3 is 0 Å². The second-order valence-electron chi connectivity index (χ2n) is 4.04. The van der Waals surface area contributed by atoms with Crippen LogP contribution in [0, 0.1) is 0 Å². The fourth-order valence-corrected chi connectivity index (χ4v) is 3.30. The maximum atomic E-state index is 8.99. The van der Waals surface area contributed by atoms with Crippen LogP contribution in [0.1, 0.15) is 45.7 Å². The minimum Gasteiger partial charge on any atom is -0.472 e. The molecule has 0 saturated carbocycles. The highest BCUT2D eigenvalue weighted by Gasteiger charge is 2.12. The number of aliphatic hydroxyl groups excluding tert-OH is 1. The van der Waals surface area contributed by atoms with Crippen LogP contribution in [-0.4, -0.2) is 9.85 Å². The molecule has 0 unspecified atom stereocenters. The number of hydrogen-bond acceptors (Lipinski definition) is 4. The summed E-state index contributed by atoms with van der Waals surface area (Å²) in [6.45, 7) is 10.6. The lowest BCUT2D eigenvalue weighted by Crippen LogP contribution is -2.04. The average Bonchev–Trinajstić information content (AvgIpc) is 2.66. The van der Waals surface area contributed by atoms with Crippen molar-refractivity contribution in [3.63, 3.8) is 0 Å². The van der Waals surface area contributed by atoms with E-state index < -0.39 is 0 Å². The summed E-state index contributed by atoms with van der Waals surface area (Å²) in [6.07, 6.45) is 3.32. The highest BCUT2D eigenvalue weighted by Crippen LogP contribution is 2.37. The molecule has 0 bridgehead atoms. The van der Waals surface area contributed by atoms with E-state index in [9.17, 15) is 0 Å². The summed E-state index contributed by atoms with van der Waals surface area (Å²) in [5, 5.41) is 8.99. The van der Waals surface area contributed by atoms with Gasteiger partial charge in [-0.2, -0.15) is 0 Å². The third kappa shape index (κ3) is 6.51. The second-order valence-corrected chi connectivity index (χ2v) is 7.16. The first-order valence-corrected chi connectivity index (χ1v) is 7.80. The van der Waals surface area contributed by atoms with Gasteiger partial charge in [-0.05, 0) is 0 Å². The van der Waals surface area contributed by atoms with Crippen molar-refractivity contribution in [2.75, 3.05) is 0 Å². The lowest BCUT2D eigenvalue weighted by Gasteiger charge is -2.15. The van der Waals surface area contributed by atoms with Gasteiger partial charge in [0.1, 0.15) is 0 Å². The Balaban J connectivity index is 0.00000106. The van der Waals surface area contributed by atoms with Crippen molar-refractivity contribution in [1.82, 2.24) is 0 Å². The molecule has 94 valence electrons. The van der Waals surface area contributed by atoms with Crippen molar-refractivity contribution in [3.8, 4) is 0 Å². The third-order valence-electron chi connectivity index (χ3n) is 1.53. The van der Waals surface area contributed by atoms with Gasteiger partial charge in [0, 0.05) is 21.6 Å². The summed E-state index contributed by atoms with van der Waals surface area (Å²) < 4.78 is 5.31. The number of aliphatic hydroxyl groups is 1. The van der Waals surface area contributed by atoms with Crippen LogP contribution in [0.15, 0.2) is 16.9 Å². The molecule has 1 rings (SSSR count). The Kier molecular flexibility index (Phi) is 8.06. The van der Waals surface area contributed by atoms with Crippen LogP contribution in [0.4, 0.5) is 0 Å². The lowest BCUT2D eigenvalue weighted by atomic mass is 10.2. The van der Waals surface area contributed by atoms with E-state index in [1.54, 1.807) is 23.3 Å². The Hall–Kier alpha value is -0.0600. The van der Waals surface area contributed by atoms with E-state index in [0.29, 0.717) is 0 Å². The highest BCUT2D eigenvalue weighted by atomic mass is 33.1. The van der Waals surface area contributed by atoms with E-state index in [4.69, 9.17) is 9.52 Å². The molecule has 1 N–H and O–H groups in total. The summed E-state index contributed by atoms with van der Waals surface area (Å²) in [7, 11) is 3.64. The van der Waals surface area contributed by atoms with Gasteiger partial charge in [-0.25, -0.2) is 0 Å². The normalized spacial score (nSPS) is 10.9. The van der Waals surface area contributed by atoms with Gasteiger partial charge in [-0.15, -0.1) is 0 Å². The first kappa shape index (κ1) is 15.9. The largest absolute Gasteiger partial charge is 0.472 e. The Morgan fingerprint density at radius 3 is 2.25 bits per heavy atom. The minimum absolute atomic E-state index is 0.0621. The average molecular weight is 262 g/mol. The van der Waals surface area contributed by atoms with Crippen molar-refractivity contribution < 1.29 is 9.52 Å². The molecule has 0 saturated heterocycles. The third-order valence-corrected chi connectivity index (χ3v) is 4.78. The Morgan fingerprint density at radius 2 is 1.75 bits per heavy atom. The van der Waals surface area contributed by atoms with Gasteiger partial charge < -0.3 is 9.52 Å². The molecule has 1 aromatic rings. The number of rotatable bonds is 4. The summed E-state index contributed by atoms with van der Waals surface area (Å²) in [5.74, 6) is 0.883. The fourth-order valence-electron chi connectivity index (χ4n) is 0.885. The standard InChI is InChI=1S/C10H16O2S2.C2H6/c1-10(2,3)14-13-7-9-6-12-5-8(9)4-11;1-2/h5-6,11H,4,7H2,1-3H3;1-2H3. The molecule has 0 amide bonds. The van der Waals surface area contributed by atoms with Crippen LogP contribution < -0.4 is 0 Å². The van der Waals surface area contributed by atoms with Crippen molar-refractivity contribution in [2.45, 2.75) is 51.7 Å². The Morgan fingerprint density at radius 1 is 1.19 bits per heavy atom. The molecule has 0 fully saturated rings. The molecule has 4 heteroatoms. The molecule has 0 aliphatic rings. The second kappa shape index (κ2) is 8.09. The van der Waals surface area contributed by atoms with Gasteiger partial charge in [-0.3, -0.25) is 0 Å². The number of furan rings is 1. The molecule has 2 nitrogen and oxygen atoms in total. The zero-order valence-corrected chi connectivity index (χ0v) is 12.4. The van der Waals surface area contributed by atoms with E-state index in [1.807, 2.05) is 24.6 Å². The van der Waals surface area contributed by atoms with Gasteiger partial charge in [0.2, 0.25) is 0 Å². The lowest BCUT2D eigenvalue weighted by molar-refractivity contribution is 0.280. The quantitative estimate of drug-likeness (QED) is 0.811. The van der Waals surface area contributed by atoms with Crippen LogP contribution in [0.3, 0.4) is 0 Å². The smallest absolute Gasteiger partial charge is 0.0960 e. The van der Waals surface area contributed by atoms with Crippen LogP contribution in [0.2, 0.25) is 0 Å². The first-order valence-electron chi connectivity index (χ1n) is 5.48. The van der Waals surface area contributed by atoms with Crippen molar-refractivity contribution in [2.24, 2.45) is 0 Å². The molecule has 0 spiro atoms. The predicted octanol–water partition coefficient (Wildman–Crippen LogP) is 4.48. The number of hydrogen-bond donors (Lipinski definition) is 1. The molecular weight excluding hydrogens is 240 g/mol. The monoisotopic (exact) mass is 262 g/mol. The summed E-state index contributed by atoms with van der Waals surface area (Å²) in [5.41, 5.74) is 1.99. The van der Waals surface area contributed by atoms with Crippen molar-refractivity contribution in [3.05, 3.63) is 23.7 Å². The zero-order chi connectivity index (χ0) is 12.6. The maximum absolute atomic E-state index is 8.99. The van der Waals surface area contributed by atoms with E-state index in [1.165, 1.54) is 0 Å². The topological polar surface area (TPSA) is 33.4 Å². The van der Waals surface area contributed by atoms with Gasteiger partial charge in [0.25, 0.3) is 0 Å². The van der Waals surface area contributed by atoms with E-state index in [2.05, 4.69) is 20.8 Å². The van der Waals surface area contributed by atoms with E-state index >= 15 is 0 Å².